The van der Waals surface area contributed by atoms with Gasteiger partial charge < -0.3 is 11.1 Å². The van der Waals surface area contributed by atoms with Crippen LogP contribution in [-0.2, 0) is 11.2 Å². The number of amides is 1. The average Bonchev–Trinajstić information content (AvgIpc) is 2.19. The van der Waals surface area contributed by atoms with Gasteiger partial charge in [-0.1, -0.05) is 0 Å². The summed E-state index contributed by atoms with van der Waals surface area (Å²) in [5.41, 5.74) is 7.69. The first-order valence-electron chi connectivity index (χ1n) is 4.44. The van der Waals surface area contributed by atoms with Crippen LogP contribution in [0.2, 0.25) is 0 Å². The van der Waals surface area contributed by atoms with Gasteiger partial charge in [0, 0.05) is 10.6 Å². The molecule has 1 amide bonds. The van der Waals surface area contributed by atoms with Crippen molar-refractivity contribution < 1.29 is 4.79 Å². The predicted molar refractivity (Wildman–Crippen MR) is 58.5 cm³/mol. The van der Waals surface area contributed by atoms with Crippen LogP contribution in [0.1, 0.15) is 5.56 Å². The lowest BCUT2D eigenvalue weighted by molar-refractivity contribution is -0.117. The van der Waals surface area contributed by atoms with E-state index in [0.29, 0.717) is 6.42 Å². The van der Waals surface area contributed by atoms with E-state index in [-0.39, 0.29) is 5.91 Å². The molecular weight excluding hydrogens is 196 g/mol. The van der Waals surface area contributed by atoms with Gasteiger partial charge in [-0.3, -0.25) is 4.79 Å². The molecule has 0 saturated carbocycles. The van der Waals surface area contributed by atoms with Crippen molar-refractivity contribution in [1.82, 2.24) is 0 Å². The number of hydrogen-bond donors (Lipinski definition) is 2. The summed E-state index contributed by atoms with van der Waals surface area (Å²) in [7, 11) is 0. The average molecular weight is 208 g/mol. The minimum atomic E-state index is -0.403. The standard InChI is InChI=1S/C10H12N2OS/c1-14-7-2-3-9-6(4-7)5-8(11)10(13)12-9/h2-4,8H,5,11H2,1H3,(H,12,13). The topological polar surface area (TPSA) is 55.1 Å². The summed E-state index contributed by atoms with van der Waals surface area (Å²) in [6.07, 6.45) is 2.67. The Kier molecular flexibility index (Phi) is 2.48. The van der Waals surface area contributed by atoms with E-state index >= 15 is 0 Å². The molecule has 14 heavy (non-hydrogen) atoms. The number of fused-ring (bicyclic) bond motifs is 1. The summed E-state index contributed by atoms with van der Waals surface area (Å²) < 4.78 is 0. The molecule has 0 saturated heterocycles. The molecule has 0 aliphatic carbocycles. The summed E-state index contributed by atoms with van der Waals surface area (Å²) in [5, 5.41) is 2.79. The highest BCUT2D eigenvalue weighted by Gasteiger charge is 2.22. The molecular formula is C10H12N2OS. The molecule has 1 unspecified atom stereocenters. The third-order valence-electron chi connectivity index (χ3n) is 2.35. The fourth-order valence-corrected chi connectivity index (χ4v) is 2.01. The molecule has 1 atom stereocenters. The van der Waals surface area contributed by atoms with Crippen molar-refractivity contribution in [3.8, 4) is 0 Å². The SMILES string of the molecule is CSc1ccc2c(c1)CC(N)C(=O)N2. The molecule has 4 heteroatoms. The summed E-state index contributed by atoms with van der Waals surface area (Å²) >= 11 is 1.69. The van der Waals surface area contributed by atoms with E-state index in [9.17, 15) is 4.79 Å². The van der Waals surface area contributed by atoms with Gasteiger partial charge in [-0.15, -0.1) is 11.8 Å². The van der Waals surface area contributed by atoms with E-state index in [0.717, 1.165) is 11.3 Å². The lowest BCUT2D eigenvalue weighted by atomic mass is 10.00. The molecule has 0 spiro atoms. The minimum Gasteiger partial charge on any atom is -0.324 e. The van der Waals surface area contributed by atoms with E-state index in [1.165, 1.54) is 4.90 Å². The van der Waals surface area contributed by atoms with Gasteiger partial charge in [0.15, 0.2) is 0 Å². The monoisotopic (exact) mass is 208 g/mol. The maximum Gasteiger partial charge on any atom is 0.241 e. The Labute approximate surface area is 87.1 Å². The van der Waals surface area contributed by atoms with Gasteiger partial charge in [0.2, 0.25) is 5.91 Å². The lowest BCUT2D eigenvalue weighted by Crippen LogP contribution is -2.41. The highest BCUT2D eigenvalue weighted by Crippen LogP contribution is 2.26. The first-order chi connectivity index (χ1) is 6.70. The van der Waals surface area contributed by atoms with Crippen molar-refractivity contribution in [3.05, 3.63) is 23.8 Å². The van der Waals surface area contributed by atoms with Crippen molar-refractivity contribution >= 4 is 23.4 Å². The van der Waals surface area contributed by atoms with Crippen LogP contribution < -0.4 is 11.1 Å². The van der Waals surface area contributed by atoms with Crippen molar-refractivity contribution in [1.29, 1.82) is 0 Å². The summed E-state index contributed by atoms with van der Waals surface area (Å²) in [6, 6.07) is 5.62. The van der Waals surface area contributed by atoms with Crippen LogP contribution in [0.15, 0.2) is 23.1 Å². The number of benzene rings is 1. The Balaban J connectivity index is 2.37. The van der Waals surface area contributed by atoms with Gasteiger partial charge >= 0.3 is 0 Å². The lowest BCUT2D eigenvalue weighted by Gasteiger charge is -2.22. The predicted octanol–water partition coefficient (Wildman–Crippen LogP) is 1.23. The first kappa shape index (κ1) is 9.55. The van der Waals surface area contributed by atoms with Crippen molar-refractivity contribution in [2.45, 2.75) is 17.4 Å². The zero-order valence-electron chi connectivity index (χ0n) is 7.91. The molecule has 1 heterocycles. The third-order valence-corrected chi connectivity index (χ3v) is 3.07. The number of carbonyl (C=O) groups excluding carboxylic acids is 1. The molecule has 2 rings (SSSR count). The molecule has 0 aromatic heterocycles. The maximum atomic E-state index is 11.3. The highest BCUT2D eigenvalue weighted by atomic mass is 32.2. The molecule has 74 valence electrons. The summed E-state index contributed by atoms with van der Waals surface area (Å²) in [5.74, 6) is -0.0885. The number of anilines is 1. The number of carbonyl (C=O) groups is 1. The molecule has 1 aromatic carbocycles. The van der Waals surface area contributed by atoms with Gasteiger partial charge in [-0.25, -0.2) is 0 Å². The van der Waals surface area contributed by atoms with Gasteiger partial charge in [0.25, 0.3) is 0 Å². The van der Waals surface area contributed by atoms with Crippen molar-refractivity contribution in [2.24, 2.45) is 5.73 Å². The van der Waals surface area contributed by atoms with Crippen LogP contribution in [0.5, 0.6) is 0 Å². The van der Waals surface area contributed by atoms with Crippen LogP contribution in [-0.4, -0.2) is 18.2 Å². The van der Waals surface area contributed by atoms with E-state index in [4.69, 9.17) is 5.73 Å². The molecule has 3 N–H and O–H groups in total. The second-order valence-corrected chi connectivity index (χ2v) is 4.20. The second-order valence-electron chi connectivity index (χ2n) is 3.32. The molecule has 1 aliphatic heterocycles. The van der Waals surface area contributed by atoms with Gasteiger partial charge in [-0.2, -0.15) is 0 Å². The molecule has 0 radical (unpaired) electrons. The van der Waals surface area contributed by atoms with Crippen molar-refractivity contribution in [3.63, 3.8) is 0 Å². The van der Waals surface area contributed by atoms with Crippen LogP contribution in [0.25, 0.3) is 0 Å². The zero-order chi connectivity index (χ0) is 10.1. The van der Waals surface area contributed by atoms with E-state index < -0.39 is 6.04 Å². The molecule has 0 bridgehead atoms. The van der Waals surface area contributed by atoms with Gasteiger partial charge in [0.05, 0.1) is 6.04 Å². The Bertz CT molecular complexity index is 378. The van der Waals surface area contributed by atoms with Crippen LogP contribution in [0.4, 0.5) is 5.69 Å². The zero-order valence-corrected chi connectivity index (χ0v) is 8.73. The Morgan fingerprint density at radius 1 is 1.57 bits per heavy atom. The molecule has 3 nitrogen and oxygen atoms in total. The van der Waals surface area contributed by atoms with Crippen molar-refractivity contribution in [2.75, 3.05) is 11.6 Å². The normalized spacial score (nSPS) is 20.1. The Hall–Kier alpha value is -1.00. The number of nitrogens with two attached hydrogens (primary N) is 1. The quantitative estimate of drug-likeness (QED) is 0.682. The highest BCUT2D eigenvalue weighted by molar-refractivity contribution is 7.98. The van der Waals surface area contributed by atoms with E-state index in [1.807, 2.05) is 18.4 Å². The van der Waals surface area contributed by atoms with Crippen LogP contribution in [0.3, 0.4) is 0 Å². The third kappa shape index (κ3) is 1.63. The number of thioether (sulfide) groups is 1. The smallest absolute Gasteiger partial charge is 0.241 e. The number of nitrogens with one attached hydrogen (secondary N) is 1. The Morgan fingerprint density at radius 2 is 2.36 bits per heavy atom. The fourth-order valence-electron chi connectivity index (χ4n) is 1.54. The molecule has 1 aliphatic rings. The second kappa shape index (κ2) is 3.63. The molecule has 0 fully saturated rings. The fraction of sp³-hybridized carbons (Fsp3) is 0.300. The number of rotatable bonds is 1. The summed E-state index contributed by atoms with van der Waals surface area (Å²) in [6.45, 7) is 0. The Morgan fingerprint density at radius 3 is 3.07 bits per heavy atom. The van der Waals surface area contributed by atoms with E-state index in [1.54, 1.807) is 11.8 Å². The first-order valence-corrected chi connectivity index (χ1v) is 5.66. The summed E-state index contributed by atoms with van der Waals surface area (Å²) in [4.78, 5) is 12.5. The van der Waals surface area contributed by atoms with Gasteiger partial charge in [-0.05, 0) is 36.4 Å². The number of hydrogen-bond acceptors (Lipinski definition) is 3. The maximum absolute atomic E-state index is 11.3. The van der Waals surface area contributed by atoms with E-state index in [2.05, 4.69) is 11.4 Å². The van der Waals surface area contributed by atoms with Crippen LogP contribution >= 0.6 is 11.8 Å². The largest absolute Gasteiger partial charge is 0.324 e. The minimum absolute atomic E-state index is 0.0885. The molecule has 1 aromatic rings. The van der Waals surface area contributed by atoms with Crippen LogP contribution in [0, 0.1) is 0 Å². The van der Waals surface area contributed by atoms with Gasteiger partial charge in [0.1, 0.15) is 0 Å².